The first-order valence-electron chi connectivity index (χ1n) is 7.42. The molecule has 3 N–H and O–H groups in total. The van der Waals surface area contributed by atoms with Crippen molar-refractivity contribution >= 4 is 18.3 Å². The molecule has 2 rings (SSSR count). The molecule has 0 aliphatic heterocycles. The summed E-state index contributed by atoms with van der Waals surface area (Å²) in [5, 5.41) is 12.9. The van der Waals surface area contributed by atoms with Crippen molar-refractivity contribution in [3.63, 3.8) is 0 Å². The van der Waals surface area contributed by atoms with Crippen molar-refractivity contribution in [3.05, 3.63) is 36.0 Å². The predicted octanol–water partition coefficient (Wildman–Crippen LogP) is 1.47. The maximum Gasteiger partial charge on any atom is 0.255 e. The second kappa shape index (κ2) is 10.6. The third-order valence-electron chi connectivity index (χ3n) is 3.33. The average Bonchev–Trinajstić information content (AvgIpc) is 3.07. The number of H-pyrrole nitrogens is 1. The van der Waals surface area contributed by atoms with Crippen molar-refractivity contribution in [3.8, 4) is 17.0 Å². The molecule has 8 heteroatoms. The summed E-state index contributed by atoms with van der Waals surface area (Å²) in [4.78, 5) is 12.3. The normalized spacial score (nSPS) is 10.1. The second-order valence-corrected chi connectivity index (χ2v) is 4.89. The summed E-state index contributed by atoms with van der Waals surface area (Å²) >= 11 is 0. The topological polar surface area (TPSA) is 88.3 Å². The van der Waals surface area contributed by atoms with E-state index in [2.05, 4.69) is 20.8 Å². The molecule has 7 nitrogen and oxygen atoms in total. The van der Waals surface area contributed by atoms with Gasteiger partial charge in [-0.1, -0.05) is 0 Å². The molecule has 0 aliphatic carbocycles. The Kier molecular flexibility index (Phi) is 8.85. The van der Waals surface area contributed by atoms with Crippen LogP contribution in [0.3, 0.4) is 0 Å². The molecular weight excluding hydrogens is 332 g/mol. The van der Waals surface area contributed by atoms with Gasteiger partial charge in [0.05, 0.1) is 31.2 Å². The lowest BCUT2D eigenvalue weighted by Gasteiger charge is -2.07. The minimum atomic E-state index is -0.155. The Morgan fingerprint density at radius 2 is 1.92 bits per heavy atom. The van der Waals surface area contributed by atoms with E-state index in [1.54, 1.807) is 14.2 Å². The highest BCUT2D eigenvalue weighted by molar-refractivity contribution is 5.99. The van der Waals surface area contributed by atoms with Gasteiger partial charge < -0.3 is 20.1 Å². The molecule has 0 radical (unpaired) electrons. The van der Waals surface area contributed by atoms with E-state index in [4.69, 9.17) is 9.47 Å². The number of carbonyl (C=O) groups excluding carboxylic acids is 1. The van der Waals surface area contributed by atoms with Crippen molar-refractivity contribution in [1.82, 2.24) is 20.8 Å². The number of amides is 1. The van der Waals surface area contributed by atoms with Crippen molar-refractivity contribution in [2.45, 2.75) is 0 Å². The molecule has 1 heterocycles. The molecular formula is C16H23ClN4O3. The summed E-state index contributed by atoms with van der Waals surface area (Å²) in [7, 11) is 3.27. The Bertz CT molecular complexity index is 616. The van der Waals surface area contributed by atoms with Crippen LogP contribution in [-0.4, -0.2) is 56.6 Å². The number of aromatic amines is 1. The van der Waals surface area contributed by atoms with E-state index in [0.717, 1.165) is 17.9 Å². The molecule has 0 spiro atoms. The monoisotopic (exact) mass is 354 g/mol. The number of nitrogens with zero attached hydrogens (tertiary/aromatic N) is 1. The molecule has 0 saturated carbocycles. The number of nitrogens with one attached hydrogen (secondary N) is 3. The van der Waals surface area contributed by atoms with Crippen LogP contribution in [0.4, 0.5) is 0 Å². The SMILES string of the molecule is COCCNCCNC(=O)c1cn[nH]c1-c1ccc(OC)cc1.Cl. The summed E-state index contributed by atoms with van der Waals surface area (Å²) in [5.74, 6) is 0.611. The van der Waals surface area contributed by atoms with Crippen LogP contribution in [0.15, 0.2) is 30.5 Å². The van der Waals surface area contributed by atoms with Crippen molar-refractivity contribution in [2.75, 3.05) is 40.5 Å². The number of ether oxygens (including phenoxy) is 2. The molecule has 0 saturated heterocycles. The van der Waals surface area contributed by atoms with Gasteiger partial charge in [-0.3, -0.25) is 9.89 Å². The molecule has 0 aliphatic rings. The minimum Gasteiger partial charge on any atom is -0.497 e. The Labute approximate surface area is 147 Å². The van der Waals surface area contributed by atoms with Crippen LogP contribution in [0.2, 0.25) is 0 Å². The first-order chi connectivity index (χ1) is 11.3. The number of carbonyl (C=O) groups is 1. The highest BCUT2D eigenvalue weighted by Crippen LogP contribution is 2.23. The zero-order valence-corrected chi connectivity index (χ0v) is 14.6. The Morgan fingerprint density at radius 3 is 2.58 bits per heavy atom. The van der Waals surface area contributed by atoms with Gasteiger partial charge >= 0.3 is 0 Å². The van der Waals surface area contributed by atoms with Gasteiger partial charge in [-0.2, -0.15) is 5.10 Å². The average molecular weight is 355 g/mol. The lowest BCUT2D eigenvalue weighted by Crippen LogP contribution is -2.33. The van der Waals surface area contributed by atoms with Gasteiger partial charge in [0.25, 0.3) is 5.91 Å². The van der Waals surface area contributed by atoms with E-state index >= 15 is 0 Å². The number of hydrogen-bond acceptors (Lipinski definition) is 5. The number of benzene rings is 1. The van der Waals surface area contributed by atoms with E-state index in [1.165, 1.54) is 6.20 Å². The number of halogens is 1. The summed E-state index contributed by atoms with van der Waals surface area (Å²) in [6.45, 7) is 2.63. The third-order valence-corrected chi connectivity index (χ3v) is 3.33. The Balaban J connectivity index is 0.00000288. The molecule has 1 aromatic heterocycles. The quantitative estimate of drug-likeness (QED) is 0.593. The first kappa shape index (κ1) is 20.0. The maximum atomic E-state index is 12.3. The third kappa shape index (κ3) is 5.52. The van der Waals surface area contributed by atoms with E-state index in [0.29, 0.717) is 31.0 Å². The van der Waals surface area contributed by atoms with Crippen LogP contribution < -0.4 is 15.4 Å². The molecule has 24 heavy (non-hydrogen) atoms. The zero-order chi connectivity index (χ0) is 16.5. The van der Waals surface area contributed by atoms with Crippen LogP contribution in [0.5, 0.6) is 5.75 Å². The fourth-order valence-electron chi connectivity index (χ4n) is 2.09. The van der Waals surface area contributed by atoms with Gasteiger partial charge in [-0.15, -0.1) is 12.4 Å². The van der Waals surface area contributed by atoms with Crippen molar-refractivity contribution in [2.24, 2.45) is 0 Å². The number of aromatic nitrogens is 2. The summed E-state index contributed by atoms with van der Waals surface area (Å²) in [6.07, 6.45) is 1.53. The largest absolute Gasteiger partial charge is 0.497 e. The number of rotatable bonds is 9. The summed E-state index contributed by atoms with van der Waals surface area (Å²) in [6, 6.07) is 7.46. The van der Waals surface area contributed by atoms with Gasteiger partial charge in [0.1, 0.15) is 5.75 Å². The van der Waals surface area contributed by atoms with Crippen LogP contribution in [0.1, 0.15) is 10.4 Å². The van der Waals surface area contributed by atoms with Gasteiger partial charge in [0.15, 0.2) is 0 Å². The maximum absolute atomic E-state index is 12.3. The summed E-state index contributed by atoms with van der Waals surface area (Å²) < 4.78 is 10.1. The fraction of sp³-hybridized carbons (Fsp3) is 0.375. The van der Waals surface area contributed by atoms with E-state index < -0.39 is 0 Å². The second-order valence-electron chi connectivity index (χ2n) is 4.89. The Morgan fingerprint density at radius 1 is 1.17 bits per heavy atom. The molecule has 2 aromatic rings. The number of hydrogen-bond donors (Lipinski definition) is 3. The van der Waals surface area contributed by atoms with Crippen LogP contribution in [-0.2, 0) is 4.74 Å². The molecule has 132 valence electrons. The fourth-order valence-corrected chi connectivity index (χ4v) is 2.09. The van der Waals surface area contributed by atoms with E-state index in [1.807, 2.05) is 24.3 Å². The van der Waals surface area contributed by atoms with Gasteiger partial charge in [-0.05, 0) is 24.3 Å². The smallest absolute Gasteiger partial charge is 0.255 e. The van der Waals surface area contributed by atoms with Crippen molar-refractivity contribution < 1.29 is 14.3 Å². The minimum absolute atomic E-state index is 0. The zero-order valence-electron chi connectivity index (χ0n) is 13.8. The Hall–Kier alpha value is -2.09. The van der Waals surface area contributed by atoms with Crippen LogP contribution in [0, 0.1) is 0 Å². The van der Waals surface area contributed by atoms with Gasteiger partial charge in [0, 0.05) is 32.3 Å². The molecule has 1 amide bonds. The molecule has 0 fully saturated rings. The van der Waals surface area contributed by atoms with Crippen LogP contribution in [0.25, 0.3) is 11.3 Å². The molecule has 0 unspecified atom stereocenters. The standard InChI is InChI=1S/C16H22N4O3.ClH/c1-22-10-9-17-7-8-18-16(21)14-11-19-20-15(14)12-3-5-13(23-2)6-4-12;/h3-6,11,17H,7-10H2,1-2H3,(H,18,21)(H,19,20);1H. The predicted molar refractivity (Wildman–Crippen MR) is 94.9 cm³/mol. The highest BCUT2D eigenvalue weighted by Gasteiger charge is 2.14. The number of methoxy groups -OCH3 is 2. The molecule has 0 bridgehead atoms. The lowest BCUT2D eigenvalue weighted by molar-refractivity contribution is 0.0954. The molecule has 1 aromatic carbocycles. The van der Waals surface area contributed by atoms with Gasteiger partial charge in [0.2, 0.25) is 0 Å². The van der Waals surface area contributed by atoms with E-state index in [-0.39, 0.29) is 18.3 Å². The van der Waals surface area contributed by atoms with Crippen molar-refractivity contribution in [1.29, 1.82) is 0 Å². The first-order valence-corrected chi connectivity index (χ1v) is 7.42. The van der Waals surface area contributed by atoms with Crippen LogP contribution >= 0.6 is 12.4 Å². The highest BCUT2D eigenvalue weighted by atomic mass is 35.5. The van der Waals surface area contributed by atoms with E-state index in [9.17, 15) is 4.79 Å². The lowest BCUT2D eigenvalue weighted by atomic mass is 10.1. The molecule has 0 atom stereocenters. The van der Waals surface area contributed by atoms with Gasteiger partial charge in [-0.25, -0.2) is 0 Å². The summed E-state index contributed by atoms with van der Waals surface area (Å²) in [5.41, 5.74) is 2.09.